The molecule has 0 atom stereocenters. The van der Waals surface area contributed by atoms with Crippen molar-refractivity contribution in [3.05, 3.63) is 29.8 Å². The molecule has 0 aliphatic heterocycles. The average molecular weight is 317 g/mol. The van der Waals surface area contributed by atoms with Crippen molar-refractivity contribution in [1.29, 1.82) is 0 Å². The molecule has 2 nitrogen and oxygen atoms in total. The number of hydrogen-bond acceptors (Lipinski definition) is 2. The summed E-state index contributed by atoms with van der Waals surface area (Å²) in [6.45, 7) is 13.5. The fourth-order valence-corrected chi connectivity index (χ4v) is 8.61. The van der Waals surface area contributed by atoms with Crippen LogP contribution in [0.1, 0.15) is 51.9 Å². The van der Waals surface area contributed by atoms with Crippen LogP contribution in [-0.4, -0.2) is 21.0 Å². The molecule has 0 heterocycles. The average Bonchev–Trinajstić information content (AvgIpc) is 2.46. The molecule has 0 aliphatic rings. The maximum Gasteiger partial charge on any atom is 0.235 e. The zero-order chi connectivity index (χ0) is 16.9. The largest absolute Gasteiger partial charge is 0.497 e. The summed E-state index contributed by atoms with van der Waals surface area (Å²) in [4.78, 5) is 12.4. The fourth-order valence-electron chi connectivity index (χ4n) is 3.41. The molecular weight excluding hydrogens is 288 g/mol. The van der Waals surface area contributed by atoms with Gasteiger partial charge in [-0.15, -0.1) is 5.54 Å². The maximum absolute atomic E-state index is 12.4. The molecule has 0 aliphatic carbocycles. The molecule has 0 radical (unpaired) electrons. The van der Waals surface area contributed by atoms with Gasteiger partial charge in [-0.2, -0.15) is 0 Å². The number of hydrogen-bond donors (Lipinski definition) is 0. The van der Waals surface area contributed by atoms with E-state index in [0.29, 0.717) is 22.2 Å². The fraction of sp³-hybridized carbons (Fsp3) is 0.526. The van der Waals surface area contributed by atoms with Crippen LogP contribution in [0.3, 0.4) is 0 Å². The van der Waals surface area contributed by atoms with E-state index < -0.39 is 8.07 Å². The van der Waals surface area contributed by atoms with E-state index in [1.54, 1.807) is 31.4 Å². The lowest BCUT2D eigenvalue weighted by atomic mass is 10.1. The number of Topliss-reactive ketones (excluding diaryl/α,β-unsaturated/α-hetero) is 1. The number of methoxy groups -OCH3 is 1. The number of carbonyl (C=O) groups excluding carboxylic acids is 1. The van der Waals surface area contributed by atoms with Gasteiger partial charge in [-0.05, 0) is 46.8 Å². The van der Waals surface area contributed by atoms with Crippen LogP contribution >= 0.6 is 0 Å². The van der Waals surface area contributed by atoms with E-state index in [4.69, 9.17) is 4.74 Å². The van der Waals surface area contributed by atoms with E-state index in [1.807, 2.05) is 0 Å². The lowest BCUT2D eigenvalue weighted by Crippen LogP contribution is -2.43. The van der Waals surface area contributed by atoms with Crippen molar-refractivity contribution in [3.8, 4) is 17.2 Å². The summed E-state index contributed by atoms with van der Waals surface area (Å²) in [5, 5.41) is 0. The Morgan fingerprint density at radius 3 is 1.77 bits per heavy atom. The predicted molar refractivity (Wildman–Crippen MR) is 96.1 cm³/mol. The topological polar surface area (TPSA) is 26.3 Å². The quantitative estimate of drug-likeness (QED) is 0.429. The molecule has 0 saturated heterocycles. The monoisotopic (exact) mass is 316 g/mol. The first-order valence-corrected chi connectivity index (χ1v) is 10.2. The number of ether oxygens (including phenoxy) is 1. The Bertz CT molecular complexity index is 538. The zero-order valence-corrected chi connectivity index (χ0v) is 15.9. The SMILES string of the molecule is COc1ccc(C(=O)C#C[Si](C(C)C)(C(C)C)C(C)C)cc1. The van der Waals surface area contributed by atoms with E-state index in [2.05, 4.69) is 53.0 Å². The van der Waals surface area contributed by atoms with Crippen LogP contribution in [0.25, 0.3) is 0 Å². The van der Waals surface area contributed by atoms with Gasteiger partial charge in [0.1, 0.15) is 13.8 Å². The molecule has 1 aromatic carbocycles. The van der Waals surface area contributed by atoms with Gasteiger partial charge in [-0.25, -0.2) is 0 Å². The van der Waals surface area contributed by atoms with Crippen LogP contribution in [0.5, 0.6) is 5.75 Å². The second-order valence-corrected chi connectivity index (χ2v) is 12.3. The van der Waals surface area contributed by atoms with Crippen molar-refractivity contribution in [2.24, 2.45) is 0 Å². The molecule has 22 heavy (non-hydrogen) atoms. The van der Waals surface area contributed by atoms with Gasteiger partial charge in [-0.1, -0.05) is 41.5 Å². The van der Waals surface area contributed by atoms with Crippen LogP contribution in [0, 0.1) is 11.5 Å². The summed E-state index contributed by atoms with van der Waals surface area (Å²) in [5.41, 5.74) is 5.69. The summed E-state index contributed by atoms with van der Waals surface area (Å²) in [5.74, 6) is 3.61. The van der Waals surface area contributed by atoms with E-state index in [-0.39, 0.29) is 5.78 Å². The smallest absolute Gasteiger partial charge is 0.235 e. The highest BCUT2D eigenvalue weighted by Crippen LogP contribution is 2.40. The molecule has 0 amide bonds. The summed E-state index contributed by atoms with van der Waals surface area (Å²) >= 11 is 0. The minimum Gasteiger partial charge on any atom is -0.497 e. The molecule has 1 aromatic rings. The molecular formula is C19H28O2Si. The van der Waals surface area contributed by atoms with Gasteiger partial charge in [-0.3, -0.25) is 4.79 Å². The first kappa shape index (κ1) is 18.5. The highest BCUT2D eigenvalue weighted by Gasteiger charge is 2.41. The van der Waals surface area contributed by atoms with Gasteiger partial charge in [0.2, 0.25) is 5.78 Å². The number of carbonyl (C=O) groups is 1. The first-order valence-electron chi connectivity index (χ1n) is 7.97. The molecule has 0 N–H and O–H groups in total. The van der Waals surface area contributed by atoms with Crippen LogP contribution in [0.4, 0.5) is 0 Å². The second kappa shape index (κ2) is 7.65. The predicted octanol–water partition coefficient (Wildman–Crippen LogP) is 5.10. The highest BCUT2D eigenvalue weighted by molar-refractivity contribution is 6.90. The molecule has 0 saturated carbocycles. The van der Waals surface area contributed by atoms with Gasteiger partial charge in [0, 0.05) is 5.56 Å². The van der Waals surface area contributed by atoms with E-state index >= 15 is 0 Å². The van der Waals surface area contributed by atoms with Crippen LogP contribution in [0.2, 0.25) is 16.6 Å². The summed E-state index contributed by atoms with van der Waals surface area (Å²) in [6, 6.07) is 7.15. The lowest BCUT2D eigenvalue weighted by Gasteiger charge is -2.37. The van der Waals surface area contributed by atoms with Gasteiger partial charge >= 0.3 is 0 Å². The van der Waals surface area contributed by atoms with Crippen molar-refractivity contribution < 1.29 is 9.53 Å². The van der Waals surface area contributed by atoms with Gasteiger partial charge in [0.05, 0.1) is 7.11 Å². The number of ketones is 1. The van der Waals surface area contributed by atoms with Crippen molar-refractivity contribution in [2.45, 2.75) is 58.2 Å². The highest BCUT2D eigenvalue weighted by atomic mass is 28.3. The lowest BCUT2D eigenvalue weighted by molar-refractivity contribution is 0.105. The number of benzene rings is 1. The molecule has 0 aromatic heterocycles. The Morgan fingerprint density at radius 2 is 1.41 bits per heavy atom. The first-order chi connectivity index (χ1) is 10.3. The van der Waals surface area contributed by atoms with E-state index in [1.165, 1.54) is 0 Å². The Morgan fingerprint density at radius 1 is 0.955 bits per heavy atom. The minimum absolute atomic E-state index is 0.0959. The third-order valence-corrected chi connectivity index (χ3v) is 10.9. The van der Waals surface area contributed by atoms with E-state index in [9.17, 15) is 4.79 Å². The second-order valence-electron chi connectivity index (χ2n) is 6.70. The van der Waals surface area contributed by atoms with Gasteiger partial charge < -0.3 is 4.74 Å². The number of rotatable bonds is 5. The third kappa shape index (κ3) is 3.81. The minimum atomic E-state index is -1.85. The van der Waals surface area contributed by atoms with Gasteiger partial charge in [0.15, 0.2) is 0 Å². The zero-order valence-electron chi connectivity index (χ0n) is 14.9. The Hall–Kier alpha value is -1.53. The van der Waals surface area contributed by atoms with Crippen LogP contribution < -0.4 is 4.74 Å². The molecule has 120 valence electrons. The van der Waals surface area contributed by atoms with Crippen LogP contribution in [0.15, 0.2) is 24.3 Å². The normalized spacial score (nSPS) is 11.5. The van der Waals surface area contributed by atoms with Crippen LogP contribution in [-0.2, 0) is 0 Å². The molecule has 0 bridgehead atoms. The Balaban J connectivity index is 3.13. The molecule has 1 rings (SSSR count). The van der Waals surface area contributed by atoms with Crippen molar-refractivity contribution in [2.75, 3.05) is 7.11 Å². The van der Waals surface area contributed by atoms with Crippen molar-refractivity contribution in [1.82, 2.24) is 0 Å². The maximum atomic E-state index is 12.4. The van der Waals surface area contributed by atoms with E-state index in [0.717, 1.165) is 5.75 Å². The standard InChI is InChI=1S/C19H28O2Si/c1-14(2)22(15(3)4,16(5)6)13-12-19(20)17-8-10-18(21-7)11-9-17/h8-11,14-16H,1-7H3. The summed E-state index contributed by atoms with van der Waals surface area (Å²) < 4.78 is 5.12. The molecule has 0 fully saturated rings. The Labute approximate surface area is 136 Å². The summed E-state index contributed by atoms with van der Waals surface area (Å²) in [6.07, 6.45) is 0. The molecule has 0 spiro atoms. The molecule has 3 heteroatoms. The van der Waals surface area contributed by atoms with Crippen molar-refractivity contribution in [3.63, 3.8) is 0 Å². The van der Waals surface area contributed by atoms with Gasteiger partial charge in [0.25, 0.3) is 0 Å². The Kier molecular flexibility index (Phi) is 6.43. The summed E-state index contributed by atoms with van der Waals surface area (Å²) in [7, 11) is -0.232. The third-order valence-electron chi connectivity index (χ3n) is 4.61. The molecule has 0 unspecified atom stereocenters. The van der Waals surface area contributed by atoms with Crippen molar-refractivity contribution >= 4 is 13.9 Å².